The van der Waals surface area contributed by atoms with Gasteiger partial charge in [0.25, 0.3) is 5.91 Å². The molecule has 0 fully saturated rings. The molecule has 8 heteroatoms. The van der Waals surface area contributed by atoms with Crippen molar-refractivity contribution in [2.75, 3.05) is 5.32 Å². The second-order valence-corrected chi connectivity index (χ2v) is 5.57. The van der Waals surface area contributed by atoms with Gasteiger partial charge in [0.1, 0.15) is 5.01 Å². The van der Waals surface area contributed by atoms with E-state index in [0.29, 0.717) is 5.13 Å². The number of hydrogen-bond donors (Lipinski definition) is 1. The van der Waals surface area contributed by atoms with Crippen molar-refractivity contribution < 1.29 is 4.79 Å². The molecule has 0 spiro atoms. The summed E-state index contributed by atoms with van der Waals surface area (Å²) in [7, 11) is 0. The fourth-order valence-electron chi connectivity index (χ4n) is 1.79. The smallest absolute Gasteiger partial charge is 0.282 e. The van der Waals surface area contributed by atoms with Crippen LogP contribution >= 0.6 is 11.3 Å². The van der Waals surface area contributed by atoms with Crippen LogP contribution in [0.3, 0.4) is 0 Å². The summed E-state index contributed by atoms with van der Waals surface area (Å²) >= 11 is 1.23. The van der Waals surface area contributed by atoms with Gasteiger partial charge in [0, 0.05) is 12.3 Å². The molecule has 0 atom stereocenters. The van der Waals surface area contributed by atoms with Crippen molar-refractivity contribution in [2.24, 2.45) is 0 Å². The lowest BCUT2D eigenvalue weighted by Crippen LogP contribution is -2.25. The Morgan fingerprint density at radius 1 is 1.18 bits per heavy atom. The number of aromatic nitrogens is 4. The normalized spacial score (nSPS) is 10.4. The lowest BCUT2D eigenvalue weighted by molar-refractivity contribution is 0.101. The van der Waals surface area contributed by atoms with Crippen molar-refractivity contribution in [1.82, 2.24) is 20.0 Å². The van der Waals surface area contributed by atoms with Crippen LogP contribution in [-0.4, -0.2) is 25.9 Å². The molecule has 2 aromatic heterocycles. The zero-order valence-electron chi connectivity index (χ0n) is 11.6. The molecule has 2 heterocycles. The Morgan fingerprint density at radius 3 is 2.64 bits per heavy atom. The quantitative estimate of drug-likeness (QED) is 0.794. The fourth-order valence-corrected chi connectivity index (χ4v) is 2.38. The molecule has 0 radical (unpaired) electrons. The third-order valence-electron chi connectivity index (χ3n) is 2.79. The summed E-state index contributed by atoms with van der Waals surface area (Å²) in [6.45, 7) is 1.77. The van der Waals surface area contributed by atoms with E-state index in [1.807, 2.05) is 30.3 Å². The van der Waals surface area contributed by atoms with E-state index in [0.717, 1.165) is 10.7 Å². The first-order chi connectivity index (χ1) is 10.6. The molecule has 0 bridgehead atoms. The summed E-state index contributed by atoms with van der Waals surface area (Å²) in [5.74, 6) is -0.605. The van der Waals surface area contributed by atoms with Crippen LogP contribution < -0.4 is 10.7 Å². The van der Waals surface area contributed by atoms with Gasteiger partial charge in [-0.25, -0.2) is 4.68 Å². The second-order valence-electron chi connectivity index (χ2n) is 4.39. The molecule has 3 rings (SSSR count). The van der Waals surface area contributed by atoms with Crippen molar-refractivity contribution >= 4 is 22.4 Å². The Balaban J connectivity index is 1.93. The van der Waals surface area contributed by atoms with Gasteiger partial charge in [-0.15, -0.1) is 10.2 Å². The van der Waals surface area contributed by atoms with Crippen molar-refractivity contribution in [2.45, 2.75) is 6.92 Å². The van der Waals surface area contributed by atoms with Crippen molar-refractivity contribution in [3.63, 3.8) is 0 Å². The van der Waals surface area contributed by atoms with E-state index in [9.17, 15) is 9.59 Å². The maximum absolute atomic E-state index is 12.2. The number of hydrogen-bond acceptors (Lipinski definition) is 6. The molecule has 0 aliphatic rings. The number of para-hydroxylation sites is 1. The molecule has 110 valence electrons. The van der Waals surface area contributed by atoms with Gasteiger partial charge in [-0.05, 0) is 19.1 Å². The zero-order valence-corrected chi connectivity index (χ0v) is 12.4. The van der Waals surface area contributed by atoms with Gasteiger partial charge >= 0.3 is 0 Å². The van der Waals surface area contributed by atoms with Gasteiger partial charge in [-0.1, -0.05) is 29.5 Å². The number of amides is 1. The summed E-state index contributed by atoms with van der Waals surface area (Å²) in [4.78, 5) is 24.0. The zero-order chi connectivity index (χ0) is 15.5. The number of nitrogens with one attached hydrogen (secondary N) is 1. The minimum absolute atomic E-state index is 0.195. The molecule has 1 amide bonds. The first kappa shape index (κ1) is 14.1. The van der Waals surface area contributed by atoms with Crippen LogP contribution in [0.5, 0.6) is 0 Å². The summed E-state index contributed by atoms with van der Waals surface area (Å²) < 4.78 is 1.47. The fraction of sp³-hybridized carbons (Fsp3) is 0.0714. The van der Waals surface area contributed by atoms with E-state index in [2.05, 4.69) is 20.6 Å². The van der Waals surface area contributed by atoms with Crippen molar-refractivity contribution in [3.8, 4) is 5.69 Å². The largest absolute Gasteiger partial charge is 0.295 e. The van der Waals surface area contributed by atoms with Crippen LogP contribution in [0, 0.1) is 6.92 Å². The summed E-state index contributed by atoms with van der Waals surface area (Å²) in [5, 5.41) is 15.3. The third kappa shape index (κ3) is 2.91. The minimum atomic E-state index is -0.605. The molecular formula is C14H11N5O2S. The third-order valence-corrected chi connectivity index (χ3v) is 3.54. The highest BCUT2D eigenvalue weighted by Gasteiger charge is 2.15. The van der Waals surface area contributed by atoms with Gasteiger partial charge in [-0.3, -0.25) is 14.9 Å². The van der Waals surface area contributed by atoms with E-state index in [-0.39, 0.29) is 5.69 Å². The number of aryl methyl sites for hydroxylation is 1. The number of carbonyl (C=O) groups is 1. The molecule has 0 saturated heterocycles. The molecule has 7 nitrogen and oxygen atoms in total. The minimum Gasteiger partial charge on any atom is -0.295 e. The summed E-state index contributed by atoms with van der Waals surface area (Å²) in [5.41, 5.74) is 0.105. The summed E-state index contributed by atoms with van der Waals surface area (Å²) in [6.07, 6.45) is 1.52. The lowest BCUT2D eigenvalue weighted by Gasteiger charge is -2.06. The van der Waals surface area contributed by atoms with Crippen molar-refractivity contribution in [3.05, 3.63) is 63.5 Å². The molecule has 0 unspecified atom stereocenters. The Kier molecular flexibility index (Phi) is 3.75. The molecule has 0 aliphatic heterocycles. The van der Waals surface area contributed by atoms with Crippen molar-refractivity contribution in [1.29, 1.82) is 0 Å². The monoisotopic (exact) mass is 313 g/mol. The number of nitrogens with zero attached hydrogens (tertiary/aromatic N) is 4. The number of benzene rings is 1. The van der Waals surface area contributed by atoms with Gasteiger partial charge in [0.05, 0.1) is 5.69 Å². The molecule has 1 N–H and O–H groups in total. The van der Waals surface area contributed by atoms with Gasteiger partial charge < -0.3 is 0 Å². The number of anilines is 1. The van der Waals surface area contributed by atoms with E-state index in [4.69, 9.17) is 0 Å². The van der Waals surface area contributed by atoms with Crippen LogP contribution in [0.1, 0.15) is 15.5 Å². The predicted molar refractivity (Wildman–Crippen MR) is 82.4 cm³/mol. The van der Waals surface area contributed by atoms with E-state index >= 15 is 0 Å². The van der Waals surface area contributed by atoms with Crippen LogP contribution in [0.25, 0.3) is 5.69 Å². The van der Waals surface area contributed by atoms with Crippen LogP contribution in [0.4, 0.5) is 5.13 Å². The lowest BCUT2D eigenvalue weighted by atomic mass is 10.3. The molecule has 0 saturated carbocycles. The van der Waals surface area contributed by atoms with Gasteiger partial charge in [0.2, 0.25) is 10.6 Å². The molecule has 0 aliphatic carbocycles. The number of rotatable bonds is 3. The Labute approximate surface area is 129 Å². The Bertz CT molecular complexity index is 872. The topological polar surface area (TPSA) is 89.8 Å². The summed E-state index contributed by atoms with van der Waals surface area (Å²) in [6, 6.07) is 10.5. The van der Waals surface area contributed by atoms with Gasteiger partial charge in [-0.2, -0.15) is 5.10 Å². The maximum Gasteiger partial charge on any atom is 0.282 e. The Morgan fingerprint density at radius 2 is 1.95 bits per heavy atom. The first-order valence-electron chi connectivity index (χ1n) is 6.40. The molecule has 1 aromatic carbocycles. The van der Waals surface area contributed by atoms with Crippen LogP contribution in [-0.2, 0) is 0 Å². The highest BCUT2D eigenvalue weighted by Crippen LogP contribution is 2.14. The number of carbonyl (C=O) groups excluding carboxylic acids is 1. The Hall–Kier alpha value is -2.87. The van der Waals surface area contributed by atoms with Crippen LogP contribution in [0.2, 0.25) is 0 Å². The molecule has 3 aromatic rings. The predicted octanol–water partition coefficient (Wildman–Crippen LogP) is 1.64. The highest BCUT2D eigenvalue weighted by atomic mass is 32.1. The van der Waals surface area contributed by atoms with E-state index in [1.54, 1.807) is 6.92 Å². The van der Waals surface area contributed by atoms with Crippen LogP contribution in [0.15, 0.2) is 47.4 Å². The SMILES string of the molecule is Cc1nnc(NC(=O)c2nn(-c3ccccc3)ccc2=O)s1. The molecular weight excluding hydrogens is 302 g/mol. The molecule has 22 heavy (non-hydrogen) atoms. The highest BCUT2D eigenvalue weighted by molar-refractivity contribution is 7.15. The van der Waals surface area contributed by atoms with E-state index in [1.165, 1.54) is 28.3 Å². The average molecular weight is 313 g/mol. The maximum atomic E-state index is 12.2. The average Bonchev–Trinajstić information content (AvgIpc) is 2.93. The van der Waals surface area contributed by atoms with Gasteiger partial charge in [0.15, 0.2) is 5.69 Å². The van der Waals surface area contributed by atoms with E-state index < -0.39 is 11.3 Å². The standard InChI is InChI=1S/C14H11N5O2S/c1-9-16-17-14(22-9)15-13(21)12-11(20)7-8-19(18-12)10-5-3-2-4-6-10/h2-8H,1H3,(H,15,17,21). The second kappa shape index (κ2) is 5.86. The first-order valence-corrected chi connectivity index (χ1v) is 7.22.